The van der Waals surface area contributed by atoms with Crippen LogP contribution in [0.25, 0.3) is 0 Å². The Balaban J connectivity index is 1.49. The molecule has 0 unspecified atom stereocenters. The van der Waals surface area contributed by atoms with Crippen molar-refractivity contribution in [2.24, 2.45) is 0 Å². The first kappa shape index (κ1) is 24.2. The van der Waals surface area contributed by atoms with Crippen LogP contribution in [-0.2, 0) is 13.1 Å². The molecule has 0 spiro atoms. The van der Waals surface area contributed by atoms with Gasteiger partial charge in [0.15, 0.2) is 0 Å². The Bertz CT molecular complexity index is 1080. The number of piperazine rings is 1. The maximum Gasteiger partial charge on any atom is 0.253 e. The number of likely N-dealkylation sites (N-methyl/N-ethyl adjacent to an activating group) is 1. The molecule has 2 heterocycles. The first-order chi connectivity index (χ1) is 16.4. The lowest BCUT2D eigenvalue weighted by Crippen LogP contribution is -2.44. The number of H-pyrrole nitrogens is 1. The Labute approximate surface area is 201 Å². The molecule has 1 aromatic heterocycles. The Morgan fingerprint density at radius 2 is 1.94 bits per heavy atom. The van der Waals surface area contributed by atoms with Crippen LogP contribution >= 0.6 is 0 Å². The van der Waals surface area contributed by atoms with Gasteiger partial charge in [-0.15, -0.1) is 0 Å². The van der Waals surface area contributed by atoms with Gasteiger partial charge in [0, 0.05) is 74.0 Å². The van der Waals surface area contributed by atoms with Crippen LogP contribution in [-0.4, -0.2) is 66.2 Å². The molecular formula is C26H36N6O2. The minimum atomic E-state index is -0.279. The maximum atomic E-state index is 13.1. The molecular weight excluding hydrogens is 428 g/mol. The monoisotopic (exact) mass is 464 g/mol. The minimum absolute atomic E-state index is 0.148. The van der Waals surface area contributed by atoms with Crippen LogP contribution in [0.3, 0.4) is 0 Å². The highest BCUT2D eigenvalue weighted by Gasteiger charge is 2.20. The van der Waals surface area contributed by atoms with Crippen LogP contribution in [0, 0.1) is 12.3 Å². The summed E-state index contributed by atoms with van der Waals surface area (Å²) in [4.78, 5) is 33.5. The number of hydrogen-bond acceptors (Lipinski definition) is 6. The standard InChI is InChI=1S/C26H36N6O2/c1-18-14-19(17-32-12-10-31(2)11-13-32)23(26(34)29-18)16-28-25(33)21-8-5-9-24(22(21)15-27)30-20-6-3-4-7-20/h5,8-9,14-15,20,27,30H,3-4,6-7,10-13,16-17H2,1-2H3,(H,28,33)(H,29,34). The summed E-state index contributed by atoms with van der Waals surface area (Å²) < 4.78 is 0. The number of nitrogens with one attached hydrogen (secondary N) is 4. The van der Waals surface area contributed by atoms with Gasteiger partial charge in [-0.1, -0.05) is 18.9 Å². The summed E-state index contributed by atoms with van der Waals surface area (Å²) in [5.41, 5.74) is 4.06. The van der Waals surface area contributed by atoms with Crippen molar-refractivity contribution in [2.75, 3.05) is 38.5 Å². The highest BCUT2D eigenvalue weighted by atomic mass is 16.1. The normalized spacial score (nSPS) is 17.6. The highest BCUT2D eigenvalue weighted by molar-refractivity contribution is 6.04. The van der Waals surface area contributed by atoms with Crippen molar-refractivity contribution in [1.82, 2.24) is 20.1 Å². The number of aromatic amines is 1. The van der Waals surface area contributed by atoms with Crippen molar-refractivity contribution in [3.05, 3.63) is 62.6 Å². The molecule has 1 aromatic carbocycles. The number of aryl methyl sites for hydroxylation is 1. The van der Waals surface area contributed by atoms with Crippen molar-refractivity contribution in [2.45, 2.75) is 51.7 Å². The SMILES string of the molecule is Cc1cc(CN2CCN(C)CC2)c(CNC(=O)c2cccc(NC3CCCC3)c2C=N)c(=O)[nH]1. The smallest absolute Gasteiger partial charge is 0.253 e. The average molecular weight is 465 g/mol. The third-order valence-electron chi connectivity index (χ3n) is 6.99. The van der Waals surface area contributed by atoms with Crippen LogP contribution in [0.1, 0.15) is 58.4 Å². The summed E-state index contributed by atoms with van der Waals surface area (Å²) in [5.74, 6) is -0.279. The van der Waals surface area contributed by atoms with Crippen LogP contribution in [0.5, 0.6) is 0 Å². The van der Waals surface area contributed by atoms with Gasteiger partial charge in [0.1, 0.15) is 0 Å². The third kappa shape index (κ3) is 5.74. The van der Waals surface area contributed by atoms with Crippen molar-refractivity contribution in [3.63, 3.8) is 0 Å². The van der Waals surface area contributed by atoms with Crippen LogP contribution < -0.4 is 16.2 Å². The third-order valence-corrected chi connectivity index (χ3v) is 6.99. The molecule has 2 aromatic rings. The van der Waals surface area contributed by atoms with Crippen molar-refractivity contribution in [3.8, 4) is 0 Å². The predicted octanol–water partition coefficient (Wildman–Crippen LogP) is 2.71. The largest absolute Gasteiger partial charge is 0.382 e. The molecule has 1 saturated carbocycles. The average Bonchev–Trinajstić information content (AvgIpc) is 3.32. The second kappa shape index (κ2) is 11.0. The fourth-order valence-electron chi connectivity index (χ4n) is 4.97. The predicted molar refractivity (Wildman–Crippen MR) is 136 cm³/mol. The first-order valence-corrected chi connectivity index (χ1v) is 12.3. The number of nitrogens with zero attached hydrogens (tertiary/aromatic N) is 2. The van der Waals surface area contributed by atoms with E-state index in [0.717, 1.165) is 56.0 Å². The molecule has 2 fully saturated rings. The topological polar surface area (TPSA) is 104 Å². The number of benzene rings is 1. The molecule has 34 heavy (non-hydrogen) atoms. The van der Waals surface area contributed by atoms with E-state index in [0.29, 0.717) is 29.3 Å². The number of carbonyl (C=O) groups is 1. The molecule has 0 radical (unpaired) electrons. The van der Waals surface area contributed by atoms with Gasteiger partial charge >= 0.3 is 0 Å². The Morgan fingerprint density at radius 3 is 2.65 bits per heavy atom. The van der Waals surface area contributed by atoms with Crippen molar-refractivity contribution < 1.29 is 4.79 Å². The van der Waals surface area contributed by atoms with Crippen LogP contribution in [0.2, 0.25) is 0 Å². The van der Waals surface area contributed by atoms with Gasteiger partial charge in [-0.25, -0.2) is 0 Å². The zero-order valence-corrected chi connectivity index (χ0v) is 20.2. The zero-order chi connectivity index (χ0) is 24.1. The fourth-order valence-corrected chi connectivity index (χ4v) is 4.97. The molecule has 2 aliphatic rings. The first-order valence-electron chi connectivity index (χ1n) is 12.3. The van der Waals surface area contributed by atoms with E-state index in [-0.39, 0.29) is 18.0 Å². The number of pyridine rings is 1. The number of amides is 1. The number of aromatic nitrogens is 1. The van der Waals surface area contributed by atoms with Gasteiger partial charge in [-0.2, -0.15) is 0 Å². The van der Waals surface area contributed by atoms with Gasteiger partial charge < -0.3 is 25.9 Å². The van der Waals surface area contributed by atoms with Crippen molar-refractivity contribution >= 4 is 17.8 Å². The molecule has 1 saturated heterocycles. The minimum Gasteiger partial charge on any atom is -0.382 e. The second-order valence-electron chi connectivity index (χ2n) is 9.58. The Kier molecular flexibility index (Phi) is 7.80. The van der Waals surface area contributed by atoms with Gasteiger partial charge in [-0.05, 0) is 50.6 Å². The molecule has 1 aliphatic heterocycles. The number of rotatable bonds is 8. The maximum absolute atomic E-state index is 13.1. The zero-order valence-electron chi connectivity index (χ0n) is 20.2. The summed E-state index contributed by atoms with van der Waals surface area (Å²) in [7, 11) is 2.12. The van der Waals surface area contributed by atoms with E-state index in [1.807, 2.05) is 25.1 Å². The van der Waals surface area contributed by atoms with E-state index < -0.39 is 0 Å². The lowest BCUT2D eigenvalue weighted by atomic mass is 10.0. The van der Waals surface area contributed by atoms with Gasteiger partial charge in [-0.3, -0.25) is 14.5 Å². The van der Waals surface area contributed by atoms with E-state index in [2.05, 4.69) is 32.5 Å². The fraction of sp³-hybridized carbons (Fsp3) is 0.500. The molecule has 0 bridgehead atoms. The van der Waals surface area contributed by atoms with Gasteiger partial charge in [0.05, 0.1) is 5.56 Å². The lowest BCUT2D eigenvalue weighted by Gasteiger charge is -2.32. The van der Waals surface area contributed by atoms with E-state index in [1.165, 1.54) is 19.1 Å². The summed E-state index contributed by atoms with van der Waals surface area (Å²) >= 11 is 0. The summed E-state index contributed by atoms with van der Waals surface area (Å²) in [5, 5.41) is 14.4. The van der Waals surface area contributed by atoms with Crippen molar-refractivity contribution in [1.29, 1.82) is 5.41 Å². The number of anilines is 1. The Hall–Kier alpha value is -2.97. The highest BCUT2D eigenvalue weighted by Crippen LogP contribution is 2.25. The van der Waals surface area contributed by atoms with E-state index >= 15 is 0 Å². The molecule has 8 heteroatoms. The molecule has 0 atom stereocenters. The van der Waals surface area contributed by atoms with Gasteiger partial charge in [0.2, 0.25) is 0 Å². The second-order valence-corrected chi connectivity index (χ2v) is 9.58. The number of carbonyl (C=O) groups excluding carboxylic acids is 1. The van der Waals surface area contributed by atoms with Gasteiger partial charge in [0.25, 0.3) is 11.5 Å². The van der Waals surface area contributed by atoms with E-state index in [9.17, 15) is 9.59 Å². The quantitative estimate of drug-likeness (QED) is 0.450. The summed E-state index contributed by atoms with van der Waals surface area (Å²) in [6.45, 7) is 6.65. The lowest BCUT2D eigenvalue weighted by molar-refractivity contribution is 0.0950. The van der Waals surface area contributed by atoms with Crippen LogP contribution in [0.4, 0.5) is 5.69 Å². The van der Waals surface area contributed by atoms with E-state index in [1.54, 1.807) is 6.07 Å². The summed E-state index contributed by atoms with van der Waals surface area (Å²) in [6, 6.07) is 7.90. The molecule has 4 rings (SSSR count). The molecule has 1 amide bonds. The molecule has 182 valence electrons. The molecule has 1 aliphatic carbocycles. The molecule has 4 N–H and O–H groups in total. The number of hydrogen-bond donors (Lipinski definition) is 4. The summed E-state index contributed by atoms with van der Waals surface area (Å²) in [6.07, 6.45) is 5.88. The van der Waals surface area contributed by atoms with Crippen LogP contribution in [0.15, 0.2) is 29.1 Å². The van der Waals surface area contributed by atoms with E-state index in [4.69, 9.17) is 5.41 Å². The Morgan fingerprint density at radius 1 is 1.21 bits per heavy atom. The molecule has 8 nitrogen and oxygen atoms in total.